The molecule has 2 amide bonds. The highest BCUT2D eigenvalue weighted by Crippen LogP contribution is 2.20. The minimum Gasteiger partial charge on any atom is -0.459 e. The van der Waals surface area contributed by atoms with Crippen molar-refractivity contribution in [1.82, 2.24) is 10.2 Å². The zero-order valence-corrected chi connectivity index (χ0v) is 10.8. The molecule has 0 saturated carbocycles. The van der Waals surface area contributed by atoms with Gasteiger partial charge in [0.1, 0.15) is 6.04 Å². The van der Waals surface area contributed by atoms with Gasteiger partial charge in [0.2, 0.25) is 5.91 Å². The molecule has 1 fully saturated rings. The van der Waals surface area contributed by atoms with Crippen LogP contribution in [0.1, 0.15) is 30.3 Å². The van der Waals surface area contributed by atoms with Crippen molar-refractivity contribution in [3.05, 3.63) is 24.2 Å². The lowest BCUT2D eigenvalue weighted by atomic mass is 10.2. The number of hydrogen-bond donors (Lipinski definition) is 2. The highest BCUT2D eigenvalue weighted by molar-refractivity contribution is 5.95. The third-order valence-electron chi connectivity index (χ3n) is 3.12. The van der Waals surface area contributed by atoms with Crippen molar-refractivity contribution in [3.63, 3.8) is 0 Å². The maximum absolute atomic E-state index is 12.2. The fourth-order valence-electron chi connectivity index (χ4n) is 2.19. The number of hydrogen-bond acceptors (Lipinski definition) is 4. The van der Waals surface area contributed by atoms with Crippen molar-refractivity contribution in [2.45, 2.75) is 31.9 Å². The van der Waals surface area contributed by atoms with Crippen molar-refractivity contribution < 1.29 is 19.1 Å². The molecule has 1 aromatic rings. The topological polar surface area (TPSA) is 82.8 Å². The Morgan fingerprint density at radius 3 is 3.05 bits per heavy atom. The van der Waals surface area contributed by atoms with E-state index in [1.165, 1.54) is 11.2 Å². The monoisotopic (exact) mass is 266 g/mol. The summed E-state index contributed by atoms with van der Waals surface area (Å²) in [6, 6.07) is 2.76. The average Bonchev–Trinajstić information content (AvgIpc) is 3.05. The molecule has 6 nitrogen and oxygen atoms in total. The first kappa shape index (κ1) is 13.6. The largest absolute Gasteiger partial charge is 0.459 e. The fraction of sp³-hybridized carbons (Fsp3) is 0.538. The minimum absolute atomic E-state index is 0.193. The maximum Gasteiger partial charge on any atom is 0.290 e. The molecular weight excluding hydrogens is 248 g/mol. The fourth-order valence-corrected chi connectivity index (χ4v) is 2.19. The molecule has 1 aromatic heterocycles. The van der Waals surface area contributed by atoms with E-state index in [0.717, 1.165) is 6.42 Å². The Kier molecular flexibility index (Phi) is 4.21. The third-order valence-corrected chi connectivity index (χ3v) is 3.12. The van der Waals surface area contributed by atoms with E-state index in [9.17, 15) is 9.59 Å². The van der Waals surface area contributed by atoms with Crippen LogP contribution in [0, 0.1) is 0 Å². The second-order valence-corrected chi connectivity index (χ2v) is 4.73. The van der Waals surface area contributed by atoms with E-state index in [2.05, 4.69) is 5.32 Å². The number of aliphatic hydroxyl groups excluding tert-OH is 1. The van der Waals surface area contributed by atoms with Crippen LogP contribution in [-0.2, 0) is 4.79 Å². The number of likely N-dealkylation sites (tertiary alicyclic amines) is 1. The van der Waals surface area contributed by atoms with E-state index < -0.39 is 12.1 Å². The molecule has 0 aliphatic carbocycles. The van der Waals surface area contributed by atoms with Crippen molar-refractivity contribution in [3.8, 4) is 0 Å². The average molecular weight is 266 g/mol. The van der Waals surface area contributed by atoms with Gasteiger partial charge in [0.05, 0.1) is 12.4 Å². The number of nitrogens with zero attached hydrogens (tertiary/aromatic N) is 1. The van der Waals surface area contributed by atoms with Gasteiger partial charge in [-0.25, -0.2) is 0 Å². The molecular formula is C13H18N2O4. The molecule has 104 valence electrons. The Morgan fingerprint density at radius 2 is 2.42 bits per heavy atom. The molecule has 2 heterocycles. The zero-order chi connectivity index (χ0) is 13.8. The second-order valence-electron chi connectivity index (χ2n) is 4.73. The maximum atomic E-state index is 12.2. The van der Waals surface area contributed by atoms with E-state index >= 15 is 0 Å². The minimum atomic E-state index is -0.598. The van der Waals surface area contributed by atoms with Gasteiger partial charge in [-0.05, 0) is 31.9 Å². The van der Waals surface area contributed by atoms with E-state index in [1.54, 1.807) is 19.1 Å². The zero-order valence-electron chi connectivity index (χ0n) is 10.8. The molecule has 0 aromatic carbocycles. The molecule has 6 heteroatoms. The third kappa shape index (κ3) is 3.14. The molecule has 1 saturated heterocycles. The first-order chi connectivity index (χ1) is 9.09. The number of aliphatic hydroxyl groups is 1. The lowest BCUT2D eigenvalue weighted by Gasteiger charge is -2.23. The summed E-state index contributed by atoms with van der Waals surface area (Å²) < 4.78 is 5.07. The summed E-state index contributed by atoms with van der Waals surface area (Å²) >= 11 is 0. The van der Waals surface area contributed by atoms with Crippen LogP contribution in [0.5, 0.6) is 0 Å². The van der Waals surface area contributed by atoms with Crippen LogP contribution in [0.15, 0.2) is 22.8 Å². The molecule has 1 aliphatic heterocycles. The SMILES string of the molecule is CC(O)CNC(=O)[C@@H]1CCCN1C(=O)c1ccco1. The second kappa shape index (κ2) is 5.88. The quantitative estimate of drug-likeness (QED) is 0.825. The summed E-state index contributed by atoms with van der Waals surface area (Å²) in [4.78, 5) is 25.7. The Morgan fingerprint density at radius 1 is 1.63 bits per heavy atom. The van der Waals surface area contributed by atoms with Crippen LogP contribution < -0.4 is 5.32 Å². The van der Waals surface area contributed by atoms with Crippen LogP contribution in [-0.4, -0.2) is 47.1 Å². The first-order valence-electron chi connectivity index (χ1n) is 6.40. The molecule has 2 N–H and O–H groups in total. The van der Waals surface area contributed by atoms with E-state index in [4.69, 9.17) is 9.52 Å². The smallest absolute Gasteiger partial charge is 0.290 e. The molecule has 0 bridgehead atoms. The summed E-state index contributed by atoms with van der Waals surface area (Å²) in [6.45, 7) is 2.34. The number of carbonyl (C=O) groups is 2. The van der Waals surface area contributed by atoms with Gasteiger partial charge in [0, 0.05) is 13.1 Å². The van der Waals surface area contributed by atoms with Crippen LogP contribution >= 0.6 is 0 Å². The van der Waals surface area contributed by atoms with Crippen LogP contribution in [0.3, 0.4) is 0 Å². The summed E-state index contributed by atoms with van der Waals surface area (Å²) in [5.74, 6) is -0.242. The number of furan rings is 1. The highest BCUT2D eigenvalue weighted by atomic mass is 16.3. The Hall–Kier alpha value is -1.82. The predicted molar refractivity (Wildman–Crippen MR) is 67.5 cm³/mol. The summed E-state index contributed by atoms with van der Waals surface area (Å²) in [6.07, 6.45) is 2.27. The van der Waals surface area contributed by atoms with Gasteiger partial charge >= 0.3 is 0 Å². The van der Waals surface area contributed by atoms with Gasteiger partial charge < -0.3 is 19.7 Å². The van der Waals surface area contributed by atoms with Gasteiger partial charge in [-0.2, -0.15) is 0 Å². The van der Waals surface area contributed by atoms with Crippen LogP contribution in [0.25, 0.3) is 0 Å². The molecule has 1 aliphatic rings. The molecule has 2 rings (SSSR count). The summed E-state index contributed by atoms with van der Waals surface area (Å²) in [5.41, 5.74) is 0. The standard InChI is InChI=1S/C13H18N2O4/c1-9(16)8-14-12(17)10-4-2-6-15(10)13(18)11-5-3-7-19-11/h3,5,7,9-10,16H,2,4,6,8H2,1H3,(H,14,17)/t9?,10-/m0/s1. The van der Waals surface area contributed by atoms with Crippen molar-refractivity contribution in [1.29, 1.82) is 0 Å². The Bertz CT molecular complexity index is 442. The molecule has 0 radical (unpaired) electrons. The summed E-state index contributed by atoms with van der Waals surface area (Å²) in [7, 11) is 0. The lowest BCUT2D eigenvalue weighted by molar-refractivity contribution is -0.125. The van der Waals surface area contributed by atoms with Gasteiger partial charge in [0.25, 0.3) is 5.91 Å². The van der Waals surface area contributed by atoms with Gasteiger partial charge in [-0.1, -0.05) is 0 Å². The predicted octanol–water partition coefficient (Wildman–Crippen LogP) is 0.381. The summed E-state index contributed by atoms with van der Waals surface area (Å²) in [5, 5.41) is 11.8. The van der Waals surface area contributed by atoms with E-state index in [1.807, 2.05) is 0 Å². The number of amides is 2. The van der Waals surface area contributed by atoms with Gasteiger partial charge in [-0.3, -0.25) is 9.59 Å². The van der Waals surface area contributed by atoms with Crippen molar-refractivity contribution in [2.75, 3.05) is 13.1 Å². The molecule has 0 spiro atoms. The first-order valence-corrected chi connectivity index (χ1v) is 6.40. The highest BCUT2D eigenvalue weighted by Gasteiger charge is 2.35. The van der Waals surface area contributed by atoms with Crippen LogP contribution in [0.4, 0.5) is 0 Å². The molecule has 2 atom stereocenters. The Balaban J connectivity index is 2.00. The van der Waals surface area contributed by atoms with E-state index in [0.29, 0.717) is 13.0 Å². The molecule has 1 unspecified atom stereocenters. The molecule has 19 heavy (non-hydrogen) atoms. The number of nitrogens with one attached hydrogen (secondary N) is 1. The number of carbonyl (C=O) groups excluding carboxylic acids is 2. The van der Waals surface area contributed by atoms with E-state index in [-0.39, 0.29) is 24.1 Å². The number of rotatable bonds is 4. The Labute approximate surface area is 111 Å². The lowest BCUT2D eigenvalue weighted by Crippen LogP contribution is -2.47. The van der Waals surface area contributed by atoms with Crippen molar-refractivity contribution in [2.24, 2.45) is 0 Å². The van der Waals surface area contributed by atoms with Crippen molar-refractivity contribution >= 4 is 11.8 Å². The van der Waals surface area contributed by atoms with Gasteiger partial charge in [-0.15, -0.1) is 0 Å². The van der Waals surface area contributed by atoms with Gasteiger partial charge in [0.15, 0.2) is 5.76 Å². The van der Waals surface area contributed by atoms with Crippen LogP contribution in [0.2, 0.25) is 0 Å². The normalized spacial score (nSPS) is 20.3.